The number of likely N-dealkylation sites (N-methyl/N-ethyl adjacent to an activating group) is 2. The van der Waals surface area contributed by atoms with Crippen LogP contribution in [0.25, 0.3) is 0 Å². The molecule has 1 rings (SSSR count). The van der Waals surface area contributed by atoms with E-state index in [1.165, 1.54) is 0 Å². The predicted octanol–water partition coefficient (Wildman–Crippen LogP) is 0.161. The molecule has 0 N–H and O–H groups in total. The Labute approximate surface area is 86.0 Å². The molecule has 0 aromatic rings. The monoisotopic (exact) mass is 197 g/mol. The summed E-state index contributed by atoms with van der Waals surface area (Å²) in [5, 5.41) is 8.74. The highest BCUT2D eigenvalue weighted by Crippen LogP contribution is 2.05. The number of morpholine rings is 1. The van der Waals surface area contributed by atoms with Gasteiger partial charge in [0, 0.05) is 19.6 Å². The van der Waals surface area contributed by atoms with Crippen LogP contribution >= 0.6 is 0 Å². The van der Waals surface area contributed by atoms with Crippen LogP contribution in [0.3, 0.4) is 0 Å². The van der Waals surface area contributed by atoms with E-state index in [-0.39, 0.29) is 12.1 Å². The first-order valence-corrected chi connectivity index (χ1v) is 5.03. The molecular weight excluding hydrogens is 178 g/mol. The van der Waals surface area contributed by atoms with Crippen LogP contribution in [0.2, 0.25) is 0 Å². The Morgan fingerprint density at radius 1 is 1.71 bits per heavy atom. The Morgan fingerprint density at radius 2 is 2.43 bits per heavy atom. The number of nitriles is 1. The van der Waals surface area contributed by atoms with Crippen LogP contribution in [-0.2, 0) is 4.74 Å². The summed E-state index contributed by atoms with van der Waals surface area (Å²) in [7, 11) is 4.06. The van der Waals surface area contributed by atoms with Gasteiger partial charge in [0.2, 0.25) is 0 Å². The summed E-state index contributed by atoms with van der Waals surface area (Å²) in [5.74, 6) is 0. The van der Waals surface area contributed by atoms with Crippen LogP contribution in [0, 0.1) is 11.3 Å². The lowest BCUT2D eigenvalue weighted by atomic mass is 10.2. The normalized spacial score (nSPS) is 26.1. The zero-order valence-electron chi connectivity index (χ0n) is 9.23. The van der Waals surface area contributed by atoms with E-state index in [4.69, 9.17) is 10.00 Å². The largest absolute Gasteiger partial charge is 0.374 e. The first kappa shape index (κ1) is 11.4. The van der Waals surface area contributed by atoms with Crippen LogP contribution in [0.15, 0.2) is 0 Å². The number of ether oxygens (including phenoxy) is 1. The minimum absolute atomic E-state index is 0.0363. The molecule has 0 radical (unpaired) electrons. The van der Waals surface area contributed by atoms with Crippen molar-refractivity contribution in [2.45, 2.75) is 19.1 Å². The number of hydrogen-bond acceptors (Lipinski definition) is 4. The van der Waals surface area contributed by atoms with E-state index in [0.717, 1.165) is 26.2 Å². The summed E-state index contributed by atoms with van der Waals surface area (Å²) in [6.07, 6.45) is 0.245. The average molecular weight is 197 g/mol. The molecule has 4 heteroatoms. The van der Waals surface area contributed by atoms with Gasteiger partial charge in [-0.1, -0.05) is 0 Å². The number of rotatable bonds is 3. The predicted molar refractivity (Wildman–Crippen MR) is 54.9 cm³/mol. The van der Waals surface area contributed by atoms with Gasteiger partial charge < -0.3 is 9.64 Å². The van der Waals surface area contributed by atoms with Crippen molar-refractivity contribution in [2.75, 3.05) is 40.3 Å². The lowest BCUT2D eigenvalue weighted by molar-refractivity contribution is -0.0343. The second kappa shape index (κ2) is 5.30. The molecular formula is C10H19N3O. The van der Waals surface area contributed by atoms with E-state index < -0.39 is 0 Å². The van der Waals surface area contributed by atoms with Crippen molar-refractivity contribution in [3.05, 3.63) is 0 Å². The fourth-order valence-corrected chi connectivity index (χ4v) is 1.56. The van der Waals surface area contributed by atoms with E-state index in [0.29, 0.717) is 0 Å². The lowest BCUT2D eigenvalue weighted by Crippen LogP contribution is -2.46. The van der Waals surface area contributed by atoms with Gasteiger partial charge in [-0.05, 0) is 21.0 Å². The summed E-state index contributed by atoms with van der Waals surface area (Å²) >= 11 is 0. The maximum Gasteiger partial charge on any atom is 0.0947 e. The highest BCUT2D eigenvalue weighted by Gasteiger charge is 2.20. The summed E-state index contributed by atoms with van der Waals surface area (Å²) in [6.45, 7) is 5.51. The molecule has 4 nitrogen and oxygen atoms in total. The molecule has 80 valence electrons. The average Bonchev–Trinajstić information content (AvgIpc) is 2.16. The molecule has 0 aromatic carbocycles. The summed E-state index contributed by atoms with van der Waals surface area (Å²) < 4.78 is 5.62. The number of hydrogen-bond donors (Lipinski definition) is 0. The molecule has 2 atom stereocenters. The molecule has 1 aliphatic heterocycles. The second-order valence-electron chi connectivity index (χ2n) is 4.00. The van der Waals surface area contributed by atoms with Crippen molar-refractivity contribution in [3.8, 4) is 6.07 Å². The molecule has 14 heavy (non-hydrogen) atoms. The number of nitrogens with zero attached hydrogens (tertiary/aromatic N) is 3. The summed E-state index contributed by atoms with van der Waals surface area (Å²) in [5.41, 5.74) is 0. The van der Waals surface area contributed by atoms with E-state index in [1.807, 2.05) is 18.9 Å². The van der Waals surface area contributed by atoms with Crippen LogP contribution < -0.4 is 0 Å². The van der Waals surface area contributed by atoms with E-state index in [2.05, 4.69) is 18.0 Å². The first-order chi connectivity index (χ1) is 6.63. The third kappa shape index (κ3) is 3.26. The van der Waals surface area contributed by atoms with Crippen molar-refractivity contribution in [2.24, 2.45) is 0 Å². The minimum Gasteiger partial charge on any atom is -0.374 e. The van der Waals surface area contributed by atoms with Gasteiger partial charge in [-0.15, -0.1) is 0 Å². The summed E-state index contributed by atoms with van der Waals surface area (Å²) in [6, 6.07) is 2.19. The molecule has 0 spiro atoms. The van der Waals surface area contributed by atoms with Crippen molar-refractivity contribution in [1.29, 1.82) is 5.26 Å². The molecule has 0 aliphatic carbocycles. The van der Waals surface area contributed by atoms with Gasteiger partial charge in [-0.2, -0.15) is 5.26 Å². The molecule has 2 unspecified atom stereocenters. The topological polar surface area (TPSA) is 39.5 Å². The minimum atomic E-state index is -0.0363. The Balaban J connectivity index is 2.33. The molecule has 0 aromatic heterocycles. The Hall–Kier alpha value is -0.630. The second-order valence-corrected chi connectivity index (χ2v) is 4.00. The van der Waals surface area contributed by atoms with E-state index in [1.54, 1.807) is 0 Å². The molecule has 0 bridgehead atoms. The van der Waals surface area contributed by atoms with Gasteiger partial charge in [0.15, 0.2) is 0 Å². The van der Waals surface area contributed by atoms with Gasteiger partial charge in [0.1, 0.15) is 0 Å². The smallest absolute Gasteiger partial charge is 0.0947 e. The zero-order valence-corrected chi connectivity index (χ0v) is 9.23. The third-order valence-corrected chi connectivity index (χ3v) is 2.68. The third-order valence-electron chi connectivity index (χ3n) is 2.68. The molecule has 0 saturated carbocycles. The Bertz CT molecular complexity index is 214. The fraction of sp³-hybridized carbons (Fsp3) is 0.900. The molecule has 1 fully saturated rings. The zero-order chi connectivity index (χ0) is 10.6. The lowest BCUT2D eigenvalue weighted by Gasteiger charge is -2.33. The fourth-order valence-electron chi connectivity index (χ4n) is 1.56. The van der Waals surface area contributed by atoms with Gasteiger partial charge in [-0.3, -0.25) is 4.90 Å². The molecule has 1 aliphatic rings. The first-order valence-electron chi connectivity index (χ1n) is 5.03. The van der Waals surface area contributed by atoms with E-state index in [9.17, 15) is 0 Å². The maximum atomic E-state index is 8.74. The quantitative estimate of drug-likeness (QED) is 0.646. The molecule has 1 heterocycles. The molecule has 0 amide bonds. The molecule has 1 saturated heterocycles. The van der Waals surface area contributed by atoms with Crippen LogP contribution in [0.5, 0.6) is 0 Å². The SMILES string of the molecule is CC(C#N)N(C)CC1CN(C)CCO1. The van der Waals surface area contributed by atoms with Crippen LogP contribution in [-0.4, -0.2) is 62.3 Å². The van der Waals surface area contributed by atoms with Gasteiger partial charge >= 0.3 is 0 Å². The van der Waals surface area contributed by atoms with Gasteiger partial charge in [-0.25, -0.2) is 0 Å². The van der Waals surface area contributed by atoms with Crippen molar-refractivity contribution >= 4 is 0 Å². The highest BCUT2D eigenvalue weighted by molar-refractivity contribution is 4.87. The Morgan fingerprint density at radius 3 is 3.00 bits per heavy atom. The van der Waals surface area contributed by atoms with Crippen molar-refractivity contribution in [3.63, 3.8) is 0 Å². The Kier molecular flexibility index (Phi) is 4.33. The van der Waals surface area contributed by atoms with Gasteiger partial charge in [0.25, 0.3) is 0 Å². The van der Waals surface area contributed by atoms with Gasteiger partial charge in [0.05, 0.1) is 24.8 Å². The summed E-state index contributed by atoms with van der Waals surface area (Å²) in [4.78, 5) is 4.29. The standard InChI is InChI=1S/C10H19N3O/c1-9(6-11)13(3)8-10-7-12(2)4-5-14-10/h9-10H,4-5,7-8H2,1-3H3. The maximum absolute atomic E-state index is 8.74. The highest BCUT2D eigenvalue weighted by atomic mass is 16.5. The van der Waals surface area contributed by atoms with Crippen LogP contribution in [0.1, 0.15) is 6.92 Å². The van der Waals surface area contributed by atoms with Crippen LogP contribution in [0.4, 0.5) is 0 Å². The van der Waals surface area contributed by atoms with E-state index >= 15 is 0 Å². The van der Waals surface area contributed by atoms with Crippen molar-refractivity contribution < 1.29 is 4.74 Å². The van der Waals surface area contributed by atoms with Crippen molar-refractivity contribution in [1.82, 2.24) is 9.80 Å².